The molecular formula is C46H39N. The molecule has 1 heteroatoms. The zero-order valence-corrected chi connectivity index (χ0v) is 26.9. The predicted octanol–water partition coefficient (Wildman–Crippen LogP) is 11.7. The average Bonchev–Trinajstić information content (AvgIpc) is 3.43. The Bertz CT molecular complexity index is 2110. The van der Waals surface area contributed by atoms with Gasteiger partial charge in [0.25, 0.3) is 0 Å². The third-order valence-electron chi connectivity index (χ3n) is 11.1. The molecule has 5 aromatic rings. The van der Waals surface area contributed by atoms with Gasteiger partial charge in [0.05, 0.1) is 5.41 Å². The molecule has 0 aliphatic heterocycles. The van der Waals surface area contributed by atoms with Gasteiger partial charge in [0.15, 0.2) is 0 Å². The van der Waals surface area contributed by atoms with Crippen molar-refractivity contribution in [1.82, 2.24) is 0 Å². The molecule has 0 bridgehead atoms. The van der Waals surface area contributed by atoms with Crippen molar-refractivity contribution in [1.29, 1.82) is 0 Å². The van der Waals surface area contributed by atoms with Gasteiger partial charge in [-0.3, -0.25) is 0 Å². The fourth-order valence-electron chi connectivity index (χ4n) is 8.98. The summed E-state index contributed by atoms with van der Waals surface area (Å²) in [6.07, 6.45) is 19.7. The maximum Gasteiger partial charge on any atom is 0.0711 e. The summed E-state index contributed by atoms with van der Waals surface area (Å²) < 4.78 is 0. The Morgan fingerprint density at radius 2 is 1.43 bits per heavy atom. The summed E-state index contributed by atoms with van der Waals surface area (Å²) in [6.45, 7) is 2.41. The van der Waals surface area contributed by atoms with Crippen LogP contribution in [-0.2, 0) is 11.8 Å². The minimum Gasteiger partial charge on any atom is -0.356 e. The molecule has 1 nitrogen and oxygen atoms in total. The summed E-state index contributed by atoms with van der Waals surface area (Å²) in [4.78, 5) is 0. The van der Waals surface area contributed by atoms with Crippen LogP contribution in [0.2, 0.25) is 0 Å². The molecule has 1 N–H and O–H groups in total. The topological polar surface area (TPSA) is 12.0 Å². The number of benzene rings is 5. The molecule has 9 rings (SSSR count). The molecule has 0 spiro atoms. The van der Waals surface area contributed by atoms with E-state index in [1.165, 1.54) is 55.6 Å². The van der Waals surface area contributed by atoms with Crippen molar-refractivity contribution < 1.29 is 0 Å². The molecule has 0 fully saturated rings. The Kier molecular flexibility index (Phi) is 6.75. The van der Waals surface area contributed by atoms with Crippen LogP contribution >= 0.6 is 0 Å². The van der Waals surface area contributed by atoms with Crippen molar-refractivity contribution >= 4 is 11.4 Å². The lowest BCUT2D eigenvalue weighted by molar-refractivity contribution is 0.367. The van der Waals surface area contributed by atoms with Gasteiger partial charge in [0, 0.05) is 17.3 Å². The Balaban J connectivity index is 1.09. The molecule has 4 unspecified atom stereocenters. The number of allylic oxidation sites excluding steroid dienone is 8. The summed E-state index contributed by atoms with van der Waals surface area (Å²) in [5, 5.41) is 3.78. The number of fused-ring (bicyclic) bond motifs is 6. The molecule has 0 aromatic heterocycles. The maximum absolute atomic E-state index is 3.78. The van der Waals surface area contributed by atoms with Crippen LogP contribution in [0.5, 0.6) is 0 Å². The second-order valence-electron chi connectivity index (χ2n) is 13.7. The fraction of sp³-hybridized carbons (Fsp3) is 0.174. The standard InChI is InChI=1S/C46H39N/c1-31-29-43-38(20-12-21-40(43)39-18-9-8-17-37(31)39)32-23-25-35(26-24-32)47-36-27-28-42-41-19-10-11-22-44(41)46(45(42)30-36,33-13-4-2-5-14-33)34-15-6-3-7-16-34/h2,4-6,8-28,30-31,37,39,47H,3,7,29H2,1H3. The SMILES string of the molecule is CC1Cc2c(-c3ccc(Nc4ccc5c(c4)C(C4=CCCC=C4)(c4ccccc4)c4ccccc4-5)cc3)cccc2C2C=CC=CC12. The highest BCUT2D eigenvalue weighted by Crippen LogP contribution is 2.57. The molecule has 0 saturated carbocycles. The van der Waals surface area contributed by atoms with Gasteiger partial charge >= 0.3 is 0 Å². The van der Waals surface area contributed by atoms with Crippen molar-refractivity contribution in [2.24, 2.45) is 11.8 Å². The monoisotopic (exact) mass is 605 g/mol. The van der Waals surface area contributed by atoms with E-state index in [0.717, 1.165) is 30.6 Å². The van der Waals surface area contributed by atoms with Crippen molar-refractivity contribution in [2.45, 2.75) is 37.5 Å². The second-order valence-corrected chi connectivity index (χ2v) is 13.7. The largest absolute Gasteiger partial charge is 0.356 e. The predicted molar refractivity (Wildman–Crippen MR) is 197 cm³/mol. The van der Waals surface area contributed by atoms with Crippen molar-refractivity contribution in [3.05, 3.63) is 191 Å². The third-order valence-corrected chi connectivity index (χ3v) is 11.1. The van der Waals surface area contributed by atoms with E-state index in [4.69, 9.17) is 0 Å². The van der Waals surface area contributed by atoms with Crippen molar-refractivity contribution in [2.75, 3.05) is 5.32 Å². The van der Waals surface area contributed by atoms with Crippen LogP contribution in [0.4, 0.5) is 11.4 Å². The van der Waals surface area contributed by atoms with Gasteiger partial charge < -0.3 is 5.32 Å². The number of anilines is 2. The number of hydrogen-bond donors (Lipinski definition) is 1. The molecular weight excluding hydrogens is 567 g/mol. The summed E-state index contributed by atoms with van der Waals surface area (Å²) in [7, 11) is 0. The first kappa shape index (κ1) is 28.1. The Hall–Kier alpha value is -5.14. The summed E-state index contributed by atoms with van der Waals surface area (Å²) in [6, 6.07) is 43.0. The average molecular weight is 606 g/mol. The Morgan fingerprint density at radius 1 is 0.660 bits per heavy atom. The van der Waals surface area contributed by atoms with Crippen molar-refractivity contribution in [3.63, 3.8) is 0 Å². The maximum atomic E-state index is 3.78. The van der Waals surface area contributed by atoms with Gasteiger partial charge in [-0.2, -0.15) is 0 Å². The van der Waals surface area contributed by atoms with E-state index in [1.54, 1.807) is 0 Å². The highest BCUT2D eigenvalue weighted by molar-refractivity contribution is 5.88. The lowest BCUT2D eigenvalue weighted by atomic mass is 9.66. The highest BCUT2D eigenvalue weighted by Gasteiger charge is 2.46. The lowest BCUT2D eigenvalue weighted by Crippen LogP contribution is -2.29. The van der Waals surface area contributed by atoms with Gasteiger partial charge in [-0.15, -0.1) is 0 Å². The molecule has 5 aromatic carbocycles. The zero-order chi connectivity index (χ0) is 31.4. The number of hydrogen-bond acceptors (Lipinski definition) is 1. The molecule has 0 heterocycles. The van der Waals surface area contributed by atoms with Gasteiger partial charge in [-0.25, -0.2) is 0 Å². The van der Waals surface area contributed by atoms with Gasteiger partial charge in [0.1, 0.15) is 0 Å². The smallest absolute Gasteiger partial charge is 0.0711 e. The second kappa shape index (κ2) is 11.3. The first-order valence-electron chi connectivity index (χ1n) is 17.2. The first-order chi connectivity index (χ1) is 23.2. The minimum absolute atomic E-state index is 0.350. The van der Waals surface area contributed by atoms with Crippen LogP contribution in [-0.4, -0.2) is 0 Å². The van der Waals surface area contributed by atoms with E-state index in [2.05, 4.69) is 170 Å². The minimum atomic E-state index is -0.350. The quantitative estimate of drug-likeness (QED) is 0.210. The van der Waals surface area contributed by atoms with Crippen molar-refractivity contribution in [3.8, 4) is 22.3 Å². The van der Waals surface area contributed by atoms with E-state index in [1.807, 2.05) is 0 Å². The molecule has 4 atom stereocenters. The van der Waals surface area contributed by atoms with Crippen LogP contribution in [0.25, 0.3) is 22.3 Å². The van der Waals surface area contributed by atoms with E-state index >= 15 is 0 Å². The van der Waals surface area contributed by atoms with Gasteiger partial charge in [0.2, 0.25) is 0 Å². The zero-order valence-electron chi connectivity index (χ0n) is 26.9. The van der Waals surface area contributed by atoms with E-state index in [9.17, 15) is 0 Å². The van der Waals surface area contributed by atoms with Crippen LogP contribution in [0.3, 0.4) is 0 Å². The van der Waals surface area contributed by atoms with Crippen LogP contribution in [0.1, 0.15) is 53.5 Å². The van der Waals surface area contributed by atoms with Crippen LogP contribution in [0.15, 0.2) is 163 Å². The van der Waals surface area contributed by atoms with E-state index in [0.29, 0.717) is 17.8 Å². The Labute approximate surface area is 278 Å². The Morgan fingerprint density at radius 3 is 2.28 bits per heavy atom. The first-order valence-corrected chi connectivity index (χ1v) is 17.2. The van der Waals surface area contributed by atoms with Crippen LogP contribution in [0, 0.1) is 11.8 Å². The summed E-state index contributed by atoms with van der Waals surface area (Å²) in [5.74, 6) is 1.71. The third kappa shape index (κ3) is 4.44. The molecule has 4 aliphatic carbocycles. The molecule has 0 amide bonds. The fourth-order valence-corrected chi connectivity index (χ4v) is 8.98. The van der Waals surface area contributed by atoms with Gasteiger partial charge in [-0.1, -0.05) is 140 Å². The molecule has 0 saturated heterocycles. The van der Waals surface area contributed by atoms with Gasteiger partial charge in [-0.05, 0) is 111 Å². The number of rotatable bonds is 5. The molecule has 4 aliphatic rings. The summed E-state index contributed by atoms with van der Waals surface area (Å²) >= 11 is 0. The van der Waals surface area contributed by atoms with E-state index in [-0.39, 0.29) is 5.41 Å². The summed E-state index contributed by atoms with van der Waals surface area (Å²) in [5.41, 5.74) is 15.6. The van der Waals surface area contributed by atoms with E-state index < -0.39 is 0 Å². The van der Waals surface area contributed by atoms with Crippen LogP contribution < -0.4 is 5.32 Å². The molecule has 0 radical (unpaired) electrons. The lowest BCUT2D eigenvalue weighted by Gasteiger charge is -2.37. The molecule has 228 valence electrons. The highest BCUT2D eigenvalue weighted by atomic mass is 14.9. The normalized spacial score (nSPS) is 23.3. The number of nitrogens with one attached hydrogen (secondary N) is 1. The molecule has 47 heavy (non-hydrogen) atoms.